The predicted octanol–water partition coefficient (Wildman–Crippen LogP) is 0.472. The molecule has 2 rings (SSSR count). The second-order valence-corrected chi connectivity index (χ2v) is 3.81. The maximum absolute atomic E-state index is 11.8. The molecule has 90 valence electrons. The van der Waals surface area contributed by atoms with Gasteiger partial charge in [-0.05, 0) is 0 Å². The van der Waals surface area contributed by atoms with Crippen LogP contribution < -0.4 is 11.1 Å². The lowest BCUT2D eigenvalue weighted by molar-refractivity contribution is 0.0956. The van der Waals surface area contributed by atoms with Crippen LogP contribution in [0.2, 0.25) is 0 Å². The zero-order chi connectivity index (χ0) is 12.6. The molecule has 17 heavy (non-hydrogen) atoms. The Labute approximate surface area is 98.8 Å². The quantitative estimate of drug-likeness (QED) is 0.789. The number of nitrogen functional groups attached to an aromatic ring is 1. The number of amides is 1. The fourth-order valence-corrected chi connectivity index (χ4v) is 1.81. The molecule has 0 bridgehead atoms. The van der Waals surface area contributed by atoms with E-state index in [0.29, 0.717) is 34.7 Å². The molecule has 1 amide bonds. The minimum Gasteiger partial charge on any atom is -0.383 e. The van der Waals surface area contributed by atoms with Gasteiger partial charge in [0.15, 0.2) is 0 Å². The van der Waals surface area contributed by atoms with Gasteiger partial charge >= 0.3 is 0 Å². The number of carbonyl (C=O) groups is 1. The first-order valence-corrected chi connectivity index (χ1v) is 5.42. The third kappa shape index (κ3) is 1.71. The Morgan fingerprint density at radius 3 is 2.82 bits per heavy atom. The fraction of sp³-hybridized carbons (Fsp3) is 0.364. The third-order valence-corrected chi connectivity index (χ3v) is 2.68. The van der Waals surface area contributed by atoms with Crippen molar-refractivity contribution in [1.82, 2.24) is 19.9 Å². The Balaban J connectivity index is 2.79. The number of nitrogens with two attached hydrogens (primary N) is 1. The summed E-state index contributed by atoms with van der Waals surface area (Å²) in [5.74, 6) is 0.881. The van der Waals surface area contributed by atoms with Crippen LogP contribution in [0.25, 0.3) is 10.9 Å². The average Bonchev–Trinajstić information content (AvgIpc) is 2.65. The summed E-state index contributed by atoms with van der Waals surface area (Å²) in [6.07, 6.45) is 2.46. The highest BCUT2D eigenvalue weighted by Gasteiger charge is 2.18. The van der Waals surface area contributed by atoms with Crippen molar-refractivity contribution in [2.24, 2.45) is 7.05 Å². The Bertz CT molecular complexity index is 587. The van der Waals surface area contributed by atoms with Crippen LogP contribution in [0.1, 0.15) is 23.2 Å². The average molecular weight is 233 g/mol. The molecular weight excluding hydrogens is 218 g/mol. The largest absolute Gasteiger partial charge is 0.383 e. The van der Waals surface area contributed by atoms with E-state index in [1.807, 2.05) is 6.92 Å². The molecule has 6 heteroatoms. The molecule has 2 aromatic heterocycles. The number of aromatic nitrogens is 3. The van der Waals surface area contributed by atoms with Crippen LogP contribution in [-0.4, -0.2) is 27.5 Å². The molecule has 0 aromatic carbocycles. The number of hydrogen-bond acceptors (Lipinski definition) is 4. The molecule has 0 aliphatic rings. The lowest BCUT2D eigenvalue weighted by Gasteiger charge is -2.03. The highest BCUT2D eigenvalue weighted by molar-refractivity contribution is 6.06. The number of aryl methyl sites for hydroxylation is 2. The van der Waals surface area contributed by atoms with E-state index < -0.39 is 0 Å². The standard InChI is InChI=1S/C11H15N5O/c1-4-7-14-8-6(10(12)15-7)5-16(3)9(8)11(17)13-2/h5H,4H2,1-3H3,(H,13,17)(H2,12,14,15). The molecule has 0 saturated heterocycles. The van der Waals surface area contributed by atoms with Crippen molar-refractivity contribution in [2.75, 3.05) is 12.8 Å². The number of rotatable bonds is 2. The molecule has 0 spiro atoms. The van der Waals surface area contributed by atoms with E-state index in [0.717, 1.165) is 0 Å². The molecule has 6 nitrogen and oxygen atoms in total. The first-order chi connectivity index (χ1) is 8.08. The van der Waals surface area contributed by atoms with E-state index >= 15 is 0 Å². The van der Waals surface area contributed by atoms with Crippen LogP contribution >= 0.6 is 0 Å². The summed E-state index contributed by atoms with van der Waals surface area (Å²) < 4.78 is 1.72. The van der Waals surface area contributed by atoms with E-state index in [9.17, 15) is 4.79 Å². The normalized spacial score (nSPS) is 10.8. The summed E-state index contributed by atoms with van der Waals surface area (Å²) >= 11 is 0. The van der Waals surface area contributed by atoms with E-state index in [-0.39, 0.29) is 5.91 Å². The van der Waals surface area contributed by atoms with Crippen LogP contribution in [0, 0.1) is 0 Å². The Morgan fingerprint density at radius 1 is 1.53 bits per heavy atom. The summed E-state index contributed by atoms with van der Waals surface area (Å²) in [6, 6.07) is 0. The van der Waals surface area contributed by atoms with Crippen molar-refractivity contribution < 1.29 is 4.79 Å². The van der Waals surface area contributed by atoms with Crippen LogP contribution in [-0.2, 0) is 13.5 Å². The minimum atomic E-state index is -0.178. The number of anilines is 1. The maximum atomic E-state index is 11.8. The molecule has 0 aliphatic carbocycles. The van der Waals surface area contributed by atoms with Gasteiger partial charge in [0.25, 0.3) is 5.91 Å². The van der Waals surface area contributed by atoms with E-state index in [1.165, 1.54) is 0 Å². The molecule has 0 aliphatic heterocycles. The van der Waals surface area contributed by atoms with Crippen molar-refractivity contribution >= 4 is 22.6 Å². The van der Waals surface area contributed by atoms with E-state index in [4.69, 9.17) is 5.73 Å². The zero-order valence-corrected chi connectivity index (χ0v) is 10.1. The SMILES string of the molecule is CCc1nc(N)c2cn(C)c(C(=O)NC)c2n1. The molecule has 0 fully saturated rings. The third-order valence-electron chi connectivity index (χ3n) is 2.68. The van der Waals surface area contributed by atoms with Gasteiger partial charge in [-0.25, -0.2) is 9.97 Å². The number of nitrogens with one attached hydrogen (secondary N) is 1. The molecule has 2 aromatic rings. The smallest absolute Gasteiger partial charge is 0.269 e. The molecule has 3 N–H and O–H groups in total. The van der Waals surface area contributed by atoms with Gasteiger partial charge in [0.05, 0.1) is 5.39 Å². The van der Waals surface area contributed by atoms with Gasteiger partial charge < -0.3 is 15.6 Å². The van der Waals surface area contributed by atoms with Gasteiger partial charge in [0.1, 0.15) is 22.9 Å². The minimum absolute atomic E-state index is 0.178. The molecule has 0 atom stereocenters. The molecular formula is C11H15N5O. The first-order valence-electron chi connectivity index (χ1n) is 5.42. The maximum Gasteiger partial charge on any atom is 0.269 e. The topological polar surface area (TPSA) is 85.8 Å². The van der Waals surface area contributed by atoms with Gasteiger partial charge in [-0.3, -0.25) is 4.79 Å². The van der Waals surface area contributed by atoms with Crippen molar-refractivity contribution in [3.63, 3.8) is 0 Å². The van der Waals surface area contributed by atoms with Crippen LogP contribution in [0.15, 0.2) is 6.20 Å². The highest BCUT2D eigenvalue weighted by atomic mass is 16.1. The fourth-order valence-electron chi connectivity index (χ4n) is 1.81. The number of fused-ring (bicyclic) bond motifs is 1. The highest BCUT2D eigenvalue weighted by Crippen LogP contribution is 2.23. The zero-order valence-electron chi connectivity index (χ0n) is 10.1. The lowest BCUT2D eigenvalue weighted by atomic mass is 10.2. The van der Waals surface area contributed by atoms with Gasteiger partial charge in [-0.15, -0.1) is 0 Å². The van der Waals surface area contributed by atoms with E-state index in [1.54, 1.807) is 24.9 Å². The summed E-state index contributed by atoms with van der Waals surface area (Å²) in [6.45, 7) is 1.95. The van der Waals surface area contributed by atoms with Gasteiger partial charge in [0, 0.05) is 26.7 Å². The molecule has 0 unspecified atom stereocenters. The Hall–Kier alpha value is -2.11. The van der Waals surface area contributed by atoms with Crippen molar-refractivity contribution in [2.45, 2.75) is 13.3 Å². The summed E-state index contributed by atoms with van der Waals surface area (Å²) in [4.78, 5) is 20.3. The van der Waals surface area contributed by atoms with Crippen LogP contribution in [0.3, 0.4) is 0 Å². The summed E-state index contributed by atoms with van der Waals surface area (Å²) in [5.41, 5.74) is 6.97. The second kappa shape index (κ2) is 4.04. The van der Waals surface area contributed by atoms with Gasteiger partial charge in [-0.2, -0.15) is 0 Å². The number of hydrogen-bond donors (Lipinski definition) is 2. The van der Waals surface area contributed by atoms with Crippen LogP contribution in [0.5, 0.6) is 0 Å². The predicted molar refractivity (Wildman–Crippen MR) is 65.7 cm³/mol. The van der Waals surface area contributed by atoms with Crippen molar-refractivity contribution in [3.05, 3.63) is 17.7 Å². The monoisotopic (exact) mass is 233 g/mol. The van der Waals surface area contributed by atoms with Crippen molar-refractivity contribution in [1.29, 1.82) is 0 Å². The van der Waals surface area contributed by atoms with E-state index in [2.05, 4.69) is 15.3 Å². The Morgan fingerprint density at radius 2 is 2.24 bits per heavy atom. The summed E-state index contributed by atoms with van der Waals surface area (Å²) in [5, 5.41) is 3.31. The van der Waals surface area contributed by atoms with Crippen molar-refractivity contribution in [3.8, 4) is 0 Å². The van der Waals surface area contributed by atoms with Gasteiger partial charge in [0.2, 0.25) is 0 Å². The first kappa shape index (κ1) is 11.4. The number of carbonyl (C=O) groups excluding carboxylic acids is 1. The second-order valence-electron chi connectivity index (χ2n) is 3.81. The molecule has 0 saturated carbocycles. The van der Waals surface area contributed by atoms with Crippen LogP contribution in [0.4, 0.5) is 5.82 Å². The lowest BCUT2D eigenvalue weighted by Crippen LogP contribution is -2.21. The molecule has 2 heterocycles. The summed E-state index contributed by atoms with van der Waals surface area (Å²) in [7, 11) is 3.38. The Kier molecular flexibility index (Phi) is 2.71. The molecule has 0 radical (unpaired) electrons. The number of nitrogens with zero attached hydrogens (tertiary/aromatic N) is 3. The van der Waals surface area contributed by atoms with Gasteiger partial charge in [-0.1, -0.05) is 6.92 Å².